The molecule has 6 nitrogen and oxygen atoms in total. The number of nitrogens with zero attached hydrogens (tertiary/aromatic N) is 2. The van der Waals surface area contributed by atoms with Gasteiger partial charge in [0, 0.05) is 19.6 Å². The molecule has 1 spiro atoms. The van der Waals surface area contributed by atoms with E-state index in [1.165, 1.54) is 16.4 Å². The van der Waals surface area contributed by atoms with E-state index in [0.717, 1.165) is 31.5 Å². The highest BCUT2D eigenvalue weighted by molar-refractivity contribution is 6.33. The van der Waals surface area contributed by atoms with Gasteiger partial charge >= 0.3 is 0 Å². The van der Waals surface area contributed by atoms with E-state index >= 15 is 0 Å². The Bertz CT molecular complexity index is 809. The maximum absolute atomic E-state index is 12.9. The van der Waals surface area contributed by atoms with Crippen molar-refractivity contribution in [3.8, 4) is 0 Å². The zero-order valence-corrected chi connectivity index (χ0v) is 15.7. The standard InChI is InChI=1S/C19H23ClN4O2/c1-24-16(14(20)11-22-24)18(25)23-15-12-5-3-4-6-13(12)19(17(15)26-2)7-9-21-10-8-19/h3-6,11,15,17,21H,7-10H2,1-2H3,(H,23,25)/t15-,17+/m1/s1. The summed E-state index contributed by atoms with van der Waals surface area (Å²) in [6, 6.07) is 8.14. The number of carbonyl (C=O) groups excluding carboxylic acids is 1. The molecule has 2 heterocycles. The highest BCUT2D eigenvalue weighted by atomic mass is 35.5. The molecule has 2 aliphatic rings. The quantitative estimate of drug-likeness (QED) is 0.864. The summed E-state index contributed by atoms with van der Waals surface area (Å²) < 4.78 is 7.48. The number of carbonyl (C=O) groups is 1. The summed E-state index contributed by atoms with van der Waals surface area (Å²) >= 11 is 6.15. The minimum Gasteiger partial charge on any atom is -0.378 e. The van der Waals surface area contributed by atoms with E-state index in [1.54, 1.807) is 14.2 Å². The van der Waals surface area contributed by atoms with Crippen molar-refractivity contribution in [1.29, 1.82) is 0 Å². The van der Waals surface area contributed by atoms with Gasteiger partial charge in [-0.15, -0.1) is 0 Å². The Kier molecular flexibility index (Phi) is 4.50. The average molecular weight is 375 g/mol. The molecule has 1 aliphatic heterocycles. The van der Waals surface area contributed by atoms with Gasteiger partial charge in [0.2, 0.25) is 0 Å². The van der Waals surface area contributed by atoms with Gasteiger partial charge < -0.3 is 15.4 Å². The molecule has 0 radical (unpaired) electrons. The molecule has 0 bridgehead atoms. The number of hydrogen-bond donors (Lipinski definition) is 2. The molecule has 2 aromatic rings. The number of methoxy groups -OCH3 is 1. The van der Waals surface area contributed by atoms with Gasteiger partial charge in [-0.1, -0.05) is 35.9 Å². The Morgan fingerprint density at radius 3 is 2.77 bits per heavy atom. The molecule has 1 fully saturated rings. The van der Waals surface area contributed by atoms with Gasteiger partial charge in [0.1, 0.15) is 5.69 Å². The van der Waals surface area contributed by atoms with Gasteiger partial charge in [-0.2, -0.15) is 5.10 Å². The maximum atomic E-state index is 12.9. The van der Waals surface area contributed by atoms with Crippen molar-refractivity contribution in [2.45, 2.75) is 30.4 Å². The second kappa shape index (κ2) is 6.68. The van der Waals surface area contributed by atoms with Crippen LogP contribution in [0.15, 0.2) is 30.5 Å². The zero-order chi connectivity index (χ0) is 18.3. The number of fused-ring (bicyclic) bond motifs is 2. The van der Waals surface area contributed by atoms with Crippen LogP contribution in [0.4, 0.5) is 0 Å². The van der Waals surface area contributed by atoms with Gasteiger partial charge in [0.05, 0.1) is 23.4 Å². The second-order valence-corrected chi connectivity index (χ2v) is 7.47. The van der Waals surface area contributed by atoms with Crippen molar-refractivity contribution < 1.29 is 9.53 Å². The molecule has 4 rings (SSSR count). The molecule has 26 heavy (non-hydrogen) atoms. The van der Waals surface area contributed by atoms with Crippen LogP contribution < -0.4 is 10.6 Å². The Balaban J connectivity index is 1.73. The number of piperidine rings is 1. The SMILES string of the molecule is CO[C@H]1[C@H](NC(=O)c2c(Cl)cnn2C)c2ccccc2C12CCNCC2. The topological polar surface area (TPSA) is 68.2 Å². The first-order valence-corrected chi connectivity index (χ1v) is 9.27. The minimum absolute atomic E-state index is 0.0786. The number of halogens is 1. The van der Waals surface area contributed by atoms with Gasteiger partial charge in [0.25, 0.3) is 5.91 Å². The van der Waals surface area contributed by atoms with Gasteiger partial charge in [0.15, 0.2) is 0 Å². The fourth-order valence-electron chi connectivity index (χ4n) is 4.67. The molecule has 0 saturated carbocycles. The molecule has 7 heteroatoms. The first kappa shape index (κ1) is 17.5. The van der Waals surface area contributed by atoms with Crippen molar-refractivity contribution in [2.24, 2.45) is 7.05 Å². The first-order chi connectivity index (χ1) is 12.6. The molecular formula is C19H23ClN4O2. The molecule has 1 aliphatic carbocycles. The number of aromatic nitrogens is 2. The molecular weight excluding hydrogens is 352 g/mol. The van der Waals surface area contributed by atoms with Crippen molar-refractivity contribution in [1.82, 2.24) is 20.4 Å². The van der Waals surface area contributed by atoms with E-state index in [4.69, 9.17) is 16.3 Å². The van der Waals surface area contributed by atoms with Crippen molar-refractivity contribution in [3.05, 3.63) is 52.3 Å². The largest absolute Gasteiger partial charge is 0.378 e. The van der Waals surface area contributed by atoms with Crippen LogP contribution in [0.2, 0.25) is 5.02 Å². The van der Waals surface area contributed by atoms with Crippen LogP contribution in [0.3, 0.4) is 0 Å². The minimum atomic E-state index is -0.233. The molecule has 138 valence electrons. The maximum Gasteiger partial charge on any atom is 0.271 e. The number of aryl methyl sites for hydroxylation is 1. The van der Waals surface area contributed by atoms with Crippen molar-refractivity contribution in [3.63, 3.8) is 0 Å². The molecule has 1 amide bonds. The Morgan fingerprint density at radius 1 is 1.38 bits per heavy atom. The lowest BCUT2D eigenvalue weighted by Gasteiger charge is -2.40. The average Bonchev–Trinajstić information content (AvgIpc) is 3.11. The molecule has 1 saturated heterocycles. The third kappa shape index (κ3) is 2.55. The van der Waals surface area contributed by atoms with E-state index in [9.17, 15) is 4.79 Å². The molecule has 2 atom stereocenters. The molecule has 0 unspecified atom stereocenters. The first-order valence-electron chi connectivity index (χ1n) is 8.90. The molecule has 1 aromatic carbocycles. The normalized spacial score (nSPS) is 23.8. The Labute approximate surface area is 157 Å². The number of ether oxygens (including phenoxy) is 1. The third-order valence-corrected chi connectivity index (χ3v) is 6.10. The van der Waals surface area contributed by atoms with E-state index in [2.05, 4.69) is 33.9 Å². The second-order valence-electron chi connectivity index (χ2n) is 7.07. The highest BCUT2D eigenvalue weighted by Gasteiger charge is 2.53. The van der Waals surface area contributed by atoms with E-state index < -0.39 is 0 Å². The highest BCUT2D eigenvalue weighted by Crippen LogP contribution is 2.51. The van der Waals surface area contributed by atoms with Gasteiger partial charge in [-0.05, 0) is 37.1 Å². The lowest BCUT2D eigenvalue weighted by molar-refractivity contribution is 0.00388. The number of amides is 1. The molecule has 1 aromatic heterocycles. The lowest BCUT2D eigenvalue weighted by atomic mass is 9.72. The fourth-order valence-corrected chi connectivity index (χ4v) is 4.93. The van der Waals surface area contributed by atoms with E-state index in [1.807, 2.05) is 6.07 Å². The van der Waals surface area contributed by atoms with Crippen LogP contribution in [-0.2, 0) is 17.2 Å². The number of nitrogens with one attached hydrogen (secondary N) is 2. The smallest absolute Gasteiger partial charge is 0.271 e. The van der Waals surface area contributed by atoms with Gasteiger partial charge in [-0.3, -0.25) is 9.48 Å². The summed E-state index contributed by atoms with van der Waals surface area (Å²) in [6.45, 7) is 1.89. The van der Waals surface area contributed by atoms with Crippen LogP contribution in [0, 0.1) is 0 Å². The number of rotatable bonds is 3. The lowest BCUT2D eigenvalue weighted by Crippen LogP contribution is -2.49. The van der Waals surface area contributed by atoms with Crippen molar-refractivity contribution in [2.75, 3.05) is 20.2 Å². The Hall–Kier alpha value is -1.89. The number of hydrogen-bond acceptors (Lipinski definition) is 4. The van der Waals surface area contributed by atoms with E-state index in [-0.39, 0.29) is 23.5 Å². The van der Waals surface area contributed by atoms with Gasteiger partial charge in [-0.25, -0.2) is 0 Å². The van der Waals surface area contributed by atoms with Crippen molar-refractivity contribution >= 4 is 17.5 Å². The Morgan fingerprint density at radius 2 is 2.12 bits per heavy atom. The summed E-state index contributed by atoms with van der Waals surface area (Å²) in [5.41, 5.74) is 2.71. The predicted molar refractivity (Wildman–Crippen MR) is 99.4 cm³/mol. The predicted octanol–water partition coefficient (Wildman–Crippen LogP) is 2.19. The zero-order valence-electron chi connectivity index (χ0n) is 15.0. The summed E-state index contributed by atoms with van der Waals surface area (Å²) in [4.78, 5) is 12.9. The van der Waals surface area contributed by atoms with Crippen LogP contribution in [0.5, 0.6) is 0 Å². The molecule has 2 N–H and O–H groups in total. The van der Waals surface area contributed by atoms with Crippen LogP contribution in [0.1, 0.15) is 40.5 Å². The summed E-state index contributed by atoms with van der Waals surface area (Å²) in [7, 11) is 3.45. The summed E-state index contributed by atoms with van der Waals surface area (Å²) in [5.74, 6) is -0.233. The van der Waals surface area contributed by atoms with Crippen LogP contribution in [-0.4, -0.2) is 42.0 Å². The van der Waals surface area contributed by atoms with Crippen LogP contribution in [0.25, 0.3) is 0 Å². The monoisotopic (exact) mass is 374 g/mol. The summed E-state index contributed by atoms with van der Waals surface area (Å²) in [5, 5.41) is 11.0. The van der Waals surface area contributed by atoms with Crippen LogP contribution >= 0.6 is 11.6 Å². The third-order valence-electron chi connectivity index (χ3n) is 5.83. The summed E-state index contributed by atoms with van der Waals surface area (Å²) in [6.07, 6.45) is 3.35. The van der Waals surface area contributed by atoms with E-state index in [0.29, 0.717) is 10.7 Å². The number of benzene rings is 1. The fraction of sp³-hybridized carbons (Fsp3) is 0.474.